The number of benzene rings is 6. The molecular formula is C46H30N4OS. The molecule has 0 N–H and O–H groups in total. The average Bonchev–Trinajstić information content (AvgIpc) is 3.87. The van der Waals surface area contributed by atoms with Crippen LogP contribution < -0.4 is 0 Å². The van der Waals surface area contributed by atoms with Gasteiger partial charge >= 0.3 is 0 Å². The Morgan fingerprint density at radius 2 is 1.35 bits per heavy atom. The molecule has 0 radical (unpaired) electrons. The van der Waals surface area contributed by atoms with E-state index in [0.29, 0.717) is 17.6 Å². The minimum Gasteiger partial charge on any atom is -0.455 e. The lowest BCUT2D eigenvalue weighted by molar-refractivity contribution is 0.669. The van der Waals surface area contributed by atoms with Gasteiger partial charge in [0, 0.05) is 47.5 Å². The van der Waals surface area contributed by atoms with Crippen LogP contribution in [0.4, 0.5) is 0 Å². The standard InChI is InChI=1S/C46H30N4OS/c1-3-13-31-32-16-8-10-20-39(32)50(38(31)4-2)46-48-44(28-14-6-5-7-15-28)47-45(49-46)36-19-12-18-35-37-26-29(23-25-40(37)51-43(35)36)30-22-24-34-33-17-9-11-21-41(33)52-42(34)27-30/h3-27H,2H2,1H3/b13-3-. The van der Waals surface area contributed by atoms with Crippen LogP contribution in [-0.4, -0.2) is 19.5 Å². The van der Waals surface area contributed by atoms with Crippen LogP contribution in [0.2, 0.25) is 0 Å². The molecule has 0 fully saturated rings. The summed E-state index contributed by atoms with van der Waals surface area (Å²) >= 11 is 1.84. The summed E-state index contributed by atoms with van der Waals surface area (Å²) in [5, 5.41) is 5.75. The maximum absolute atomic E-state index is 6.65. The third kappa shape index (κ3) is 4.72. The zero-order chi connectivity index (χ0) is 34.8. The van der Waals surface area contributed by atoms with Crippen molar-refractivity contribution >= 4 is 76.5 Å². The first-order chi connectivity index (χ1) is 25.7. The predicted molar refractivity (Wildman–Crippen MR) is 218 cm³/mol. The highest BCUT2D eigenvalue weighted by Crippen LogP contribution is 2.40. The molecule has 6 aromatic carbocycles. The summed E-state index contributed by atoms with van der Waals surface area (Å²) in [7, 11) is 0. The second kappa shape index (κ2) is 12.0. The fourth-order valence-corrected chi connectivity index (χ4v) is 8.55. The molecule has 0 atom stereocenters. The van der Waals surface area contributed by atoms with E-state index in [0.717, 1.165) is 60.8 Å². The number of para-hydroxylation sites is 2. The van der Waals surface area contributed by atoms with Gasteiger partial charge in [-0.15, -0.1) is 11.3 Å². The molecule has 0 spiro atoms. The summed E-state index contributed by atoms with van der Waals surface area (Å²) in [4.78, 5) is 15.3. The minimum absolute atomic E-state index is 0.512. The Bertz CT molecular complexity index is 3060. The molecule has 0 bridgehead atoms. The summed E-state index contributed by atoms with van der Waals surface area (Å²) in [5.41, 5.74) is 8.54. The Balaban J connectivity index is 1.17. The van der Waals surface area contributed by atoms with Crippen molar-refractivity contribution in [3.8, 4) is 39.9 Å². The lowest BCUT2D eigenvalue weighted by Crippen LogP contribution is -2.08. The number of fused-ring (bicyclic) bond motifs is 7. The third-order valence-electron chi connectivity index (χ3n) is 9.78. The SMILES string of the molecule is C=Cc1c(/C=C\C)c2ccccc2n1-c1nc(-c2ccccc2)nc(-c2cccc3c2oc2ccc(-c4ccc5c(c4)sc4ccccc45)cc23)n1. The zero-order valence-corrected chi connectivity index (χ0v) is 29.1. The van der Waals surface area contributed by atoms with Crippen molar-refractivity contribution in [3.05, 3.63) is 157 Å². The first kappa shape index (κ1) is 30.2. The van der Waals surface area contributed by atoms with Gasteiger partial charge < -0.3 is 4.42 Å². The summed E-state index contributed by atoms with van der Waals surface area (Å²) in [6, 6.07) is 46.4. The second-order valence-corrected chi connectivity index (χ2v) is 13.9. The van der Waals surface area contributed by atoms with E-state index < -0.39 is 0 Å². The monoisotopic (exact) mass is 686 g/mol. The van der Waals surface area contributed by atoms with E-state index in [-0.39, 0.29) is 0 Å². The number of hydrogen-bond donors (Lipinski definition) is 0. The van der Waals surface area contributed by atoms with Crippen LogP contribution in [0, 0.1) is 0 Å². The van der Waals surface area contributed by atoms with Gasteiger partial charge in [0.1, 0.15) is 11.2 Å². The first-order valence-electron chi connectivity index (χ1n) is 17.3. The van der Waals surface area contributed by atoms with E-state index in [4.69, 9.17) is 19.4 Å². The quantitative estimate of drug-likeness (QED) is 0.175. The molecule has 10 aromatic rings. The largest absolute Gasteiger partial charge is 0.455 e. The first-order valence-corrected chi connectivity index (χ1v) is 18.1. The van der Waals surface area contributed by atoms with Crippen LogP contribution in [0.15, 0.2) is 151 Å². The van der Waals surface area contributed by atoms with Crippen molar-refractivity contribution in [1.82, 2.24) is 19.5 Å². The van der Waals surface area contributed by atoms with Gasteiger partial charge in [0.25, 0.3) is 0 Å². The van der Waals surface area contributed by atoms with E-state index >= 15 is 0 Å². The van der Waals surface area contributed by atoms with Gasteiger partial charge in [-0.1, -0.05) is 116 Å². The molecule has 4 aromatic heterocycles. The van der Waals surface area contributed by atoms with Gasteiger partial charge in [0.2, 0.25) is 5.95 Å². The highest BCUT2D eigenvalue weighted by atomic mass is 32.1. The molecular weight excluding hydrogens is 657 g/mol. The van der Waals surface area contributed by atoms with Gasteiger partial charge in [-0.3, -0.25) is 4.57 Å². The van der Waals surface area contributed by atoms with E-state index in [2.05, 4.69) is 108 Å². The molecule has 0 amide bonds. The van der Waals surface area contributed by atoms with Crippen molar-refractivity contribution in [1.29, 1.82) is 0 Å². The smallest absolute Gasteiger partial charge is 0.238 e. The molecule has 6 heteroatoms. The molecule has 0 aliphatic rings. The highest BCUT2D eigenvalue weighted by Gasteiger charge is 2.21. The van der Waals surface area contributed by atoms with Crippen molar-refractivity contribution in [2.75, 3.05) is 0 Å². The average molecular weight is 687 g/mol. The fourth-order valence-electron chi connectivity index (χ4n) is 7.40. The molecule has 0 aliphatic carbocycles. The number of hydrogen-bond acceptors (Lipinski definition) is 5. The number of nitrogens with zero attached hydrogens (tertiary/aromatic N) is 4. The molecule has 0 saturated carbocycles. The summed E-state index contributed by atoms with van der Waals surface area (Å²) in [6.45, 7) is 6.22. The van der Waals surface area contributed by atoms with Crippen molar-refractivity contribution < 1.29 is 4.42 Å². The van der Waals surface area contributed by atoms with Gasteiger partial charge in [-0.25, -0.2) is 4.98 Å². The van der Waals surface area contributed by atoms with Crippen molar-refractivity contribution in [2.24, 2.45) is 0 Å². The molecule has 4 heterocycles. The fraction of sp³-hybridized carbons (Fsp3) is 0.0217. The number of furan rings is 1. The van der Waals surface area contributed by atoms with Crippen LogP contribution >= 0.6 is 11.3 Å². The van der Waals surface area contributed by atoms with Crippen LogP contribution in [0.3, 0.4) is 0 Å². The maximum atomic E-state index is 6.65. The third-order valence-corrected chi connectivity index (χ3v) is 10.9. The highest BCUT2D eigenvalue weighted by molar-refractivity contribution is 7.25. The van der Waals surface area contributed by atoms with E-state index in [9.17, 15) is 0 Å². The molecule has 0 aliphatic heterocycles. The number of thiophene rings is 1. The Hall–Kier alpha value is -6.63. The minimum atomic E-state index is 0.512. The Kier molecular flexibility index (Phi) is 6.98. The van der Waals surface area contributed by atoms with Crippen LogP contribution in [0.25, 0.3) is 105 Å². The lowest BCUT2D eigenvalue weighted by Gasteiger charge is -2.11. The molecule has 5 nitrogen and oxygen atoms in total. The summed E-state index contributed by atoms with van der Waals surface area (Å²) < 4.78 is 11.3. The second-order valence-electron chi connectivity index (χ2n) is 12.8. The zero-order valence-electron chi connectivity index (χ0n) is 28.2. The number of allylic oxidation sites excluding steroid dienone is 1. The predicted octanol–water partition coefficient (Wildman–Crippen LogP) is 12.8. The van der Waals surface area contributed by atoms with Gasteiger partial charge in [0.05, 0.1) is 16.8 Å². The Labute approximate surface area is 303 Å². The summed E-state index contributed by atoms with van der Waals surface area (Å²) in [6.07, 6.45) is 6.03. The van der Waals surface area contributed by atoms with E-state index in [1.807, 2.05) is 72.9 Å². The normalized spacial score (nSPS) is 11.9. The van der Waals surface area contributed by atoms with Gasteiger partial charge in [0.15, 0.2) is 11.6 Å². The van der Waals surface area contributed by atoms with Gasteiger partial charge in [-0.05, 0) is 60.5 Å². The molecule has 52 heavy (non-hydrogen) atoms. The molecule has 10 rings (SSSR count). The Morgan fingerprint density at radius 3 is 2.21 bits per heavy atom. The van der Waals surface area contributed by atoms with Crippen LogP contribution in [0.5, 0.6) is 0 Å². The Morgan fingerprint density at radius 1 is 0.615 bits per heavy atom. The summed E-state index contributed by atoms with van der Waals surface area (Å²) in [5.74, 6) is 1.62. The van der Waals surface area contributed by atoms with E-state index in [1.54, 1.807) is 0 Å². The van der Waals surface area contributed by atoms with E-state index in [1.165, 1.54) is 25.7 Å². The number of rotatable bonds is 6. The van der Waals surface area contributed by atoms with Crippen molar-refractivity contribution in [2.45, 2.75) is 6.92 Å². The van der Waals surface area contributed by atoms with Gasteiger partial charge in [-0.2, -0.15) is 9.97 Å². The van der Waals surface area contributed by atoms with Crippen LogP contribution in [0.1, 0.15) is 18.2 Å². The molecule has 0 saturated heterocycles. The molecule has 246 valence electrons. The van der Waals surface area contributed by atoms with Crippen molar-refractivity contribution in [3.63, 3.8) is 0 Å². The van der Waals surface area contributed by atoms with Crippen LogP contribution in [-0.2, 0) is 0 Å². The number of aromatic nitrogens is 4. The maximum Gasteiger partial charge on any atom is 0.238 e. The topological polar surface area (TPSA) is 56.7 Å². The lowest BCUT2D eigenvalue weighted by atomic mass is 10.0. The molecule has 0 unspecified atom stereocenters.